The lowest BCUT2D eigenvalue weighted by Crippen LogP contribution is -2.13. The summed E-state index contributed by atoms with van der Waals surface area (Å²) in [6.45, 7) is 4.72. The van der Waals surface area contributed by atoms with Crippen molar-refractivity contribution < 1.29 is 4.39 Å². The lowest BCUT2D eigenvalue weighted by molar-refractivity contribution is 0.610. The molecule has 0 bridgehead atoms. The zero-order valence-corrected chi connectivity index (χ0v) is 15.0. The van der Waals surface area contributed by atoms with Gasteiger partial charge in [0.2, 0.25) is 0 Å². The molecule has 0 spiro atoms. The zero-order chi connectivity index (χ0) is 18.4. The van der Waals surface area contributed by atoms with Crippen LogP contribution in [0.1, 0.15) is 19.4 Å². The van der Waals surface area contributed by atoms with Crippen LogP contribution < -0.4 is 10.6 Å². The first-order valence-electron chi connectivity index (χ1n) is 8.80. The standard InChI is InChI=1S/C21H23FN4/c1-15(2)24-20-14-19(23-13-12-16-8-6-7-11-18(16)22)25-21(26-20)17-9-4-3-5-10-17/h3-11,14-15H,12-13H2,1-2H3,(H2,23,24,25,26). The molecular weight excluding hydrogens is 327 g/mol. The third kappa shape index (κ3) is 4.79. The van der Waals surface area contributed by atoms with Crippen molar-refractivity contribution in [3.63, 3.8) is 0 Å². The third-order valence-corrected chi connectivity index (χ3v) is 3.85. The Morgan fingerprint density at radius 1 is 0.923 bits per heavy atom. The number of nitrogens with one attached hydrogen (secondary N) is 2. The first-order chi connectivity index (χ1) is 12.6. The van der Waals surface area contributed by atoms with E-state index < -0.39 is 0 Å². The molecule has 0 aliphatic heterocycles. The molecule has 0 saturated carbocycles. The van der Waals surface area contributed by atoms with Crippen molar-refractivity contribution in [3.8, 4) is 11.4 Å². The monoisotopic (exact) mass is 350 g/mol. The van der Waals surface area contributed by atoms with Gasteiger partial charge in [-0.15, -0.1) is 0 Å². The largest absolute Gasteiger partial charge is 0.370 e. The summed E-state index contributed by atoms with van der Waals surface area (Å²) in [6, 6.07) is 18.8. The first-order valence-corrected chi connectivity index (χ1v) is 8.80. The van der Waals surface area contributed by atoms with Crippen molar-refractivity contribution in [2.24, 2.45) is 0 Å². The van der Waals surface area contributed by atoms with Gasteiger partial charge in [0.15, 0.2) is 5.82 Å². The zero-order valence-electron chi connectivity index (χ0n) is 15.0. The molecule has 2 N–H and O–H groups in total. The maximum Gasteiger partial charge on any atom is 0.163 e. The Morgan fingerprint density at radius 2 is 1.62 bits per heavy atom. The van der Waals surface area contributed by atoms with E-state index in [4.69, 9.17) is 0 Å². The van der Waals surface area contributed by atoms with E-state index in [0.717, 1.165) is 17.2 Å². The number of hydrogen-bond donors (Lipinski definition) is 2. The molecule has 0 atom stereocenters. The Hall–Kier alpha value is -2.95. The van der Waals surface area contributed by atoms with Crippen LogP contribution in [0.2, 0.25) is 0 Å². The molecule has 0 amide bonds. The Balaban J connectivity index is 1.78. The van der Waals surface area contributed by atoms with Crippen LogP contribution in [0.25, 0.3) is 11.4 Å². The Labute approximate surface area is 153 Å². The SMILES string of the molecule is CC(C)Nc1cc(NCCc2ccccc2F)nc(-c2ccccc2)n1. The number of anilines is 2. The average Bonchev–Trinajstić information content (AvgIpc) is 2.63. The second kappa shape index (κ2) is 8.43. The molecule has 2 aromatic carbocycles. The molecule has 3 aromatic rings. The fourth-order valence-electron chi connectivity index (χ4n) is 2.65. The van der Waals surface area contributed by atoms with Crippen molar-refractivity contribution in [2.75, 3.05) is 17.2 Å². The van der Waals surface area contributed by atoms with Crippen LogP contribution in [-0.4, -0.2) is 22.6 Å². The van der Waals surface area contributed by atoms with Crippen LogP contribution >= 0.6 is 0 Å². The Morgan fingerprint density at radius 3 is 2.35 bits per heavy atom. The smallest absolute Gasteiger partial charge is 0.163 e. The summed E-state index contributed by atoms with van der Waals surface area (Å²) < 4.78 is 13.7. The minimum atomic E-state index is -0.177. The molecule has 0 aliphatic rings. The molecule has 4 nitrogen and oxygen atoms in total. The van der Waals surface area contributed by atoms with Gasteiger partial charge in [0.05, 0.1) is 0 Å². The molecule has 134 valence electrons. The fourth-order valence-corrected chi connectivity index (χ4v) is 2.65. The van der Waals surface area contributed by atoms with Crippen LogP contribution in [0.4, 0.5) is 16.0 Å². The van der Waals surface area contributed by atoms with Crippen LogP contribution in [0, 0.1) is 5.82 Å². The third-order valence-electron chi connectivity index (χ3n) is 3.85. The normalized spacial score (nSPS) is 10.8. The molecule has 0 aliphatic carbocycles. The van der Waals surface area contributed by atoms with Crippen LogP contribution in [0.15, 0.2) is 60.7 Å². The van der Waals surface area contributed by atoms with E-state index in [2.05, 4.69) is 34.4 Å². The van der Waals surface area contributed by atoms with Gasteiger partial charge in [0, 0.05) is 24.2 Å². The number of halogens is 1. The highest BCUT2D eigenvalue weighted by molar-refractivity contribution is 5.61. The van der Waals surface area contributed by atoms with Gasteiger partial charge in [-0.3, -0.25) is 0 Å². The predicted molar refractivity (Wildman–Crippen MR) is 105 cm³/mol. The summed E-state index contributed by atoms with van der Waals surface area (Å²) in [7, 11) is 0. The number of benzene rings is 2. The molecule has 1 heterocycles. The van der Waals surface area contributed by atoms with Crippen molar-refractivity contribution in [2.45, 2.75) is 26.3 Å². The van der Waals surface area contributed by atoms with E-state index in [-0.39, 0.29) is 11.9 Å². The molecule has 0 fully saturated rings. The van der Waals surface area contributed by atoms with E-state index in [0.29, 0.717) is 24.4 Å². The predicted octanol–water partition coefficient (Wildman–Crippen LogP) is 4.76. The highest BCUT2D eigenvalue weighted by atomic mass is 19.1. The van der Waals surface area contributed by atoms with E-state index >= 15 is 0 Å². The molecule has 0 saturated heterocycles. The number of hydrogen-bond acceptors (Lipinski definition) is 4. The van der Waals surface area contributed by atoms with Gasteiger partial charge in [-0.05, 0) is 31.9 Å². The van der Waals surface area contributed by atoms with Crippen molar-refractivity contribution >= 4 is 11.6 Å². The summed E-state index contributed by atoms with van der Waals surface area (Å²) in [5, 5.41) is 6.61. The van der Waals surface area contributed by atoms with Gasteiger partial charge in [0.25, 0.3) is 0 Å². The van der Waals surface area contributed by atoms with E-state index in [1.807, 2.05) is 42.5 Å². The molecule has 0 unspecified atom stereocenters. The maximum absolute atomic E-state index is 13.7. The average molecular weight is 350 g/mol. The number of nitrogens with zero attached hydrogens (tertiary/aromatic N) is 2. The summed E-state index contributed by atoms with van der Waals surface area (Å²) in [4.78, 5) is 9.21. The van der Waals surface area contributed by atoms with Crippen molar-refractivity contribution in [3.05, 3.63) is 72.0 Å². The fraction of sp³-hybridized carbons (Fsp3) is 0.238. The van der Waals surface area contributed by atoms with Gasteiger partial charge in [0.1, 0.15) is 17.5 Å². The number of aromatic nitrogens is 2. The Bertz CT molecular complexity index is 850. The van der Waals surface area contributed by atoms with E-state index in [1.54, 1.807) is 12.1 Å². The first kappa shape index (κ1) is 17.9. The van der Waals surface area contributed by atoms with Crippen LogP contribution in [-0.2, 0) is 6.42 Å². The highest BCUT2D eigenvalue weighted by Gasteiger charge is 2.08. The van der Waals surface area contributed by atoms with Crippen LogP contribution in [0.3, 0.4) is 0 Å². The molecule has 26 heavy (non-hydrogen) atoms. The van der Waals surface area contributed by atoms with Gasteiger partial charge in [-0.2, -0.15) is 0 Å². The second-order valence-electron chi connectivity index (χ2n) is 6.40. The van der Waals surface area contributed by atoms with Gasteiger partial charge >= 0.3 is 0 Å². The minimum absolute atomic E-state index is 0.177. The summed E-state index contributed by atoms with van der Waals surface area (Å²) in [5.41, 5.74) is 1.65. The Kier molecular flexibility index (Phi) is 5.79. The van der Waals surface area contributed by atoms with Crippen LogP contribution in [0.5, 0.6) is 0 Å². The number of rotatable bonds is 7. The molecule has 1 aromatic heterocycles. The highest BCUT2D eigenvalue weighted by Crippen LogP contribution is 2.20. The summed E-state index contributed by atoms with van der Waals surface area (Å²) in [5.74, 6) is 1.97. The minimum Gasteiger partial charge on any atom is -0.370 e. The van der Waals surface area contributed by atoms with Gasteiger partial charge in [-0.25, -0.2) is 14.4 Å². The lowest BCUT2D eigenvalue weighted by Gasteiger charge is -2.13. The maximum atomic E-state index is 13.7. The molecular formula is C21H23FN4. The molecule has 3 rings (SSSR count). The quantitative estimate of drug-likeness (QED) is 0.645. The summed E-state index contributed by atoms with van der Waals surface area (Å²) >= 11 is 0. The lowest BCUT2D eigenvalue weighted by atomic mass is 10.1. The van der Waals surface area contributed by atoms with Crippen molar-refractivity contribution in [1.82, 2.24) is 9.97 Å². The van der Waals surface area contributed by atoms with Crippen molar-refractivity contribution in [1.29, 1.82) is 0 Å². The second-order valence-corrected chi connectivity index (χ2v) is 6.40. The van der Waals surface area contributed by atoms with E-state index in [9.17, 15) is 4.39 Å². The van der Waals surface area contributed by atoms with Gasteiger partial charge < -0.3 is 10.6 Å². The molecule has 5 heteroatoms. The summed E-state index contributed by atoms with van der Waals surface area (Å²) in [6.07, 6.45) is 0.588. The topological polar surface area (TPSA) is 49.8 Å². The van der Waals surface area contributed by atoms with E-state index in [1.165, 1.54) is 6.07 Å². The molecule has 0 radical (unpaired) electrons. The van der Waals surface area contributed by atoms with Gasteiger partial charge in [-0.1, -0.05) is 48.5 Å².